The lowest BCUT2D eigenvalue weighted by molar-refractivity contribution is -0.384. The van der Waals surface area contributed by atoms with Crippen molar-refractivity contribution in [2.45, 2.75) is 11.3 Å². The summed E-state index contributed by atoms with van der Waals surface area (Å²) in [7, 11) is 3.32. The molecular weight excluding hydrogens is 368 g/mol. The van der Waals surface area contributed by atoms with Crippen LogP contribution in [0.5, 0.6) is 0 Å². The van der Waals surface area contributed by atoms with Crippen molar-refractivity contribution in [2.24, 2.45) is 0 Å². The van der Waals surface area contributed by atoms with E-state index < -0.39 is 4.92 Å². The second-order valence-electron chi connectivity index (χ2n) is 5.76. The maximum atomic E-state index is 12.2. The Bertz CT molecular complexity index is 842. The number of thioether (sulfide) groups is 1. The number of nitro benzene ring substituents is 1. The number of nitro groups is 1. The predicted octanol–water partition coefficient (Wildman–Crippen LogP) is 3.81. The molecule has 2 aromatic carbocycles. The molecule has 2 amide bonds. The highest BCUT2D eigenvalue weighted by atomic mass is 32.2. The fourth-order valence-electron chi connectivity index (χ4n) is 2.15. The van der Waals surface area contributed by atoms with Crippen molar-refractivity contribution in [1.82, 2.24) is 4.90 Å². The highest BCUT2D eigenvalue weighted by Crippen LogP contribution is 2.28. The summed E-state index contributed by atoms with van der Waals surface area (Å²) in [6, 6.07) is 13.3. The van der Waals surface area contributed by atoms with Gasteiger partial charge in [0.15, 0.2) is 0 Å². The van der Waals surface area contributed by atoms with Crippen LogP contribution in [0.2, 0.25) is 0 Å². The van der Waals surface area contributed by atoms with Gasteiger partial charge in [-0.15, -0.1) is 0 Å². The molecule has 0 unspecified atom stereocenters. The molecule has 0 heterocycles. The molecule has 0 aliphatic rings. The molecular formula is C18H20N4O4S. The third kappa shape index (κ3) is 6.00. The smallest absolute Gasteiger partial charge is 0.292 e. The Hall–Kier alpha value is -3.07. The number of hydrogen-bond donors (Lipinski definition) is 2. The summed E-state index contributed by atoms with van der Waals surface area (Å²) in [5.41, 5.74) is 0.873. The molecule has 8 nitrogen and oxygen atoms in total. The standard InChI is InChI=1S/C18H20N4O4S/c1-21(2)18(24)27-16-10-6-4-8-14(16)20-17(23)11-12-19-13-7-3-5-9-15(13)22(25)26/h3-10,19H,11-12H2,1-2H3,(H,20,23). The summed E-state index contributed by atoms with van der Waals surface area (Å²) in [6.45, 7) is 0.239. The lowest BCUT2D eigenvalue weighted by Gasteiger charge is -2.13. The van der Waals surface area contributed by atoms with Crippen molar-refractivity contribution >= 4 is 40.0 Å². The Labute approximate surface area is 161 Å². The van der Waals surface area contributed by atoms with Crippen molar-refractivity contribution in [3.05, 3.63) is 58.6 Å². The molecule has 0 saturated carbocycles. The van der Waals surface area contributed by atoms with Crippen molar-refractivity contribution in [1.29, 1.82) is 0 Å². The molecule has 0 spiro atoms. The zero-order valence-corrected chi connectivity index (χ0v) is 15.8. The van der Waals surface area contributed by atoms with Crippen molar-refractivity contribution in [3.8, 4) is 0 Å². The van der Waals surface area contributed by atoms with Gasteiger partial charge in [-0.2, -0.15) is 0 Å². The van der Waals surface area contributed by atoms with Gasteiger partial charge in [0.05, 0.1) is 10.6 Å². The highest BCUT2D eigenvalue weighted by molar-refractivity contribution is 8.13. The first kappa shape index (κ1) is 20.2. The van der Waals surface area contributed by atoms with E-state index in [1.54, 1.807) is 56.6 Å². The van der Waals surface area contributed by atoms with Gasteiger partial charge >= 0.3 is 0 Å². The Morgan fingerprint density at radius 1 is 1.07 bits per heavy atom. The van der Waals surface area contributed by atoms with Crippen LogP contribution in [-0.4, -0.2) is 41.6 Å². The van der Waals surface area contributed by atoms with Crippen LogP contribution in [0.4, 0.5) is 21.9 Å². The van der Waals surface area contributed by atoms with Gasteiger partial charge in [-0.3, -0.25) is 19.7 Å². The van der Waals surface area contributed by atoms with Crippen molar-refractivity contribution in [3.63, 3.8) is 0 Å². The quantitative estimate of drug-likeness (QED) is 0.425. The normalized spacial score (nSPS) is 10.1. The van der Waals surface area contributed by atoms with Crippen LogP contribution in [0.3, 0.4) is 0 Å². The average Bonchev–Trinajstić information content (AvgIpc) is 2.63. The Kier molecular flexibility index (Phi) is 7.18. The number of nitrogens with one attached hydrogen (secondary N) is 2. The molecule has 9 heteroatoms. The lowest BCUT2D eigenvalue weighted by atomic mass is 10.2. The Morgan fingerprint density at radius 3 is 2.37 bits per heavy atom. The van der Waals surface area contributed by atoms with Crippen molar-refractivity contribution < 1.29 is 14.5 Å². The van der Waals surface area contributed by atoms with E-state index in [0.29, 0.717) is 16.3 Å². The van der Waals surface area contributed by atoms with E-state index in [1.165, 1.54) is 11.0 Å². The SMILES string of the molecule is CN(C)C(=O)Sc1ccccc1NC(=O)CCNc1ccccc1[N+](=O)[O-]. The minimum atomic E-state index is -0.475. The number of nitrogens with zero attached hydrogens (tertiary/aromatic N) is 2. The van der Waals surface area contributed by atoms with Gasteiger partial charge in [0.1, 0.15) is 5.69 Å². The Morgan fingerprint density at radius 2 is 1.70 bits per heavy atom. The first-order valence-corrected chi connectivity index (χ1v) is 8.95. The summed E-state index contributed by atoms with van der Waals surface area (Å²) in [5.74, 6) is -0.258. The number of carbonyl (C=O) groups excluding carboxylic acids is 2. The van der Waals surface area contributed by atoms with Gasteiger partial charge < -0.3 is 15.5 Å². The van der Waals surface area contributed by atoms with Gasteiger partial charge in [-0.05, 0) is 30.0 Å². The monoisotopic (exact) mass is 388 g/mol. The van der Waals surface area contributed by atoms with Gasteiger partial charge in [0.2, 0.25) is 5.91 Å². The third-order valence-electron chi connectivity index (χ3n) is 3.49. The molecule has 142 valence electrons. The molecule has 0 aromatic heterocycles. The van der Waals surface area contributed by atoms with E-state index in [-0.39, 0.29) is 29.8 Å². The van der Waals surface area contributed by atoms with E-state index in [0.717, 1.165) is 11.8 Å². The van der Waals surface area contributed by atoms with Gasteiger partial charge in [0, 0.05) is 38.0 Å². The fraction of sp³-hybridized carbons (Fsp3) is 0.222. The molecule has 0 aliphatic heterocycles. The number of carbonyl (C=O) groups is 2. The molecule has 0 atom stereocenters. The van der Waals surface area contributed by atoms with Crippen LogP contribution in [0, 0.1) is 10.1 Å². The molecule has 0 radical (unpaired) electrons. The van der Waals surface area contributed by atoms with E-state index >= 15 is 0 Å². The minimum absolute atomic E-state index is 0.0400. The minimum Gasteiger partial charge on any atom is -0.379 e. The first-order chi connectivity index (χ1) is 12.9. The maximum Gasteiger partial charge on any atom is 0.292 e. The van der Waals surface area contributed by atoms with Crippen LogP contribution >= 0.6 is 11.8 Å². The van der Waals surface area contributed by atoms with E-state index in [4.69, 9.17) is 0 Å². The van der Waals surface area contributed by atoms with Crippen molar-refractivity contribution in [2.75, 3.05) is 31.3 Å². The number of anilines is 2. The molecule has 0 saturated heterocycles. The lowest BCUT2D eigenvalue weighted by Crippen LogP contribution is -2.18. The van der Waals surface area contributed by atoms with Gasteiger partial charge in [-0.25, -0.2) is 0 Å². The van der Waals surface area contributed by atoms with Gasteiger partial charge in [0.25, 0.3) is 10.9 Å². The summed E-state index contributed by atoms with van der Waals surface area (Å²) in [5, 5.41) is 16.5. The molecule has 2 rings (SSSR count). The number of benzene rings is 2. The summed E-state index contributed by atoms with van der Waals surface area (Å²) < 4.78 is 0. The first-order valence-electron chi connectivity index (χ1n) is 8.14. The third-order valence-corrected chi connectivity index (χ3v) is 4.61. The molecule has 0 bridgehead atoms. The number of rotatable bonds is 7. The van der Waals surface area contributed by atoms with Gasteiger partial charge in [-0.1, -0.05) is 24.3 Å². The largest absolute Gasteiger partial charge is 0.379 e. The molecule has 2 aromatic rings. The van der Waals surface area contributed by atoms with Crippen LogP contribution in [0.15, 0.2) is 53.4 Å². The number of amides is 2. The second kappa shape index (κ2) is 9.58. The zero-order valence-electron chi connectivity index (χ0n) is 15.0. The molecule has 27 heavy (non-hydrogen) atoms. The Balaban J connectivity index is 1.93. The van der Waals surface area contributed by atoms with Crippen LogP contribution in [-0.2, 0) is 4.79 Å². The van der Waals surface area contributed by atoms with E-state index in [9.17, 15) is 19.7 Å². The molecule has 2 N–H and O–H groups in total. The second-order valence-corrected chi connectivity index (χ2v) is 6.75. The van der Waals surface area contributed by atoms with Crippen LogP contribution in [0.1, 0.15) is 6.42 Å². The maximum absolute atomic E-state index is 12.2. The summed E-state index contributed by atoms with van der Waals surface area (Å²) >= 11 is 1.03. The zero-order chi connectivity index (χ0) is 19.8. The number of hydrogen-bond acceptors (Lipinski definition) is 6. The van der Waals surface area contributed by atoms with Crippen LogP contribution in [0.25, 0.3) is 0 Å². The summed E-state index contributed by atoms with van der Waals surface area (Å²) in [6.07, 6.45) is 0.118. The predicted molar refractivity (Wildman–Crippen MR) is 106 cm³/mol. The number of para-hydroxylation sites is 3. The fourth-order valence-corrected chi connectivity index (χ4v) is 2.90. The molecule has 0 fully saturated rings. The topological polar surface area (TPSA) is 105 Å². The average molecular weight is 388 g/mol. The molecule has 0 aliphatic carbocycles. The van der Waals surface area contributed by atoms with E-state index in [2.05, 4.69) is 10.6 Å². The summed E-state index contributed by atoms with van der Waals surface area (Å²) in [4.78, 5) is 36.7. The van der Waals surface area contributed by atoms with Crippen LogP contribution < -0.4 is 10.6 Å². The highest BCUT2D eigenvalue weighted by Gasteiger charge is 2.14. The van der Waals surface area contributed by atoms with E-state index in [1.807, 2.05) is 0 Å².